The number of fused-ring (bicyclic) bond motifs is 1. The summed E-state index contributed by atoms with van der Waals surface area (Å²) < 4.78 is 4.67. The van der Waals surface area contributed by atoms with Crippen LogP contribution in [0, 0.1) is 24.7 Å². The smallest absolute Gasteiger partial charge is 0.310 e. The Bertz CT molecular complexity index is 1030. The molecule has 2 amide bonds. The summed E-state index contributed by atoms with van der Waals surface area (Å²) >= 11 is 8.21. The van der Waals surface area contributed by atoms with Crippen LogP contribution in [0.4, 0.5) is 5.69 Å². The van der Waals surface area contributed by atoms with Crippen molar-refractivity contribution in [1.82, 2.24) is 4.90 Å². The highest BCUT2D eigenvalue weighted by atomic mass is 35.5. The number of aliphatic hydroxyl groups is 1. The molecule has 36 heavy (non-hydrogen) atoms. The highest BCUT2D eigenvalue weighted by Gasteiger charge is 2.76. The molecule has 1 aromatic carbocycles. The van der Waals surface area contributed by atoms with Crippen LogP contribution in [0.1, 0.15) is 38.7 Å². The summed E-state index contributed by atoms with van der Waals surface area (Å²) in [6.07, 6.45) is 3.49. The van der Waals surface area contributed by atoms with Crippen LogP contribution < -0.4 is 4.90 Å². The van der Waals surface area contributed by atoms with E-state index in [-0.39, 0.29) is 48.7 Å². The molecule has 0 aromatic heterocycles. The number of halogens is 1. The first-order valence-electron chi connectivity index (χ1n) is 12.7. The van der Waals surface area contributed by atoms with Crippen molar-refractivity contribution in [2.45, 2.75) is 56.1 Å². The number of nitrogens with zero attached hydrogens (tertiary/aromatic N) is 2. The van der Waals surface area contributed by atoms with Gasteiger partial charge in [0.1, 0.15) is 6.04 Å². The van der Waals surface area contributed by atoms with E-state index in [1.807, 2.05) is 19.1 Å². The van der Waals surface area contributed by atoms with Gasteiger partial charge < -0.3 is 19.6 Å². The number of thioether (sulfide) groups is 1. The molecule has 9 heteroatoms. The number of anilines is 1. The lowest BCUT2D eigenvalue weighted by molar-refractivity contribution is -0.154. The summed E-state index contributed by atoms with van der Waals surface area (Å²) in [5.74, 6) is -1.85. The van der Waals surface area contributed by atoms with Crippen LogP contribution in [-0.2, 0) is 19.1 Å². The minimum absolute atomic E-state index is 0.00923. The van der Waals surface area contributed by atoms with Crippen molar-refractivity contribution in [3.8, 4) is 0 Å². The number of amides is 2. The van der Waals surface area contributed by atoms with E-state index < -0.39 is 22.6 Å². The zero-order valence-electron chi connectivity index (χ0n) is 21.1. The number of likely N-dealkylation sites (tertiary alicyclic amines) is 1. The number of esters is 1. The molecule has 4 rings (SSSR count). The van der Waals surface area contributed by atoms with Crippen molar-refractivity contribution in [1.29, 1.82) is 0 Å². The third-order valence-corrected chi connectivity index (χ3v) is 10.3. The molecular formula is C27H35ClN2O5S. The summed E-state index contributed by atoms with van der Waals surface area (Å²) in [6.45, 7) is 10.4. The predicted octanol–water partition coefficient (Wildman–Crippen LogP) is 3.84. The molecule has 3 saturated heterocycles. The average Bonchev–Trinajstić information content (AvgIpc) is 3.42. The molecule has 0 aliphatic carbocycles. The van der Waals surface area contributed by atoms with Crippen LogP contribution in [-0.4, -0.2) is 70.1 Å². The van der Waals surface area contributed by atoms with Gasteiger partial charge in [0.25, 0.3) is 5.91 Å². The second-order valence-electron chi connectivity index (χ2n) is 9.91. The van der Waals surface area contributed by atoms with Crippen molar-refractivity contribution >= 4 is 46.8 Å². The molecule has 3 aliphatic heterocycles. The molecule has 6 atom stereocenters. The fourth-order valence-corrected chi connectivity index (χ4v) is 9.20. The number of benzene rings is 1. The summed E-state index contributed by atoms with van der Waals surface area (Å²) in [5, 5.41) is 9.76. The van der Waals surface area contributed by atoms with Gasteiger partial charge in [-0.1, -0.05) is 36.7 Å². The van der Waals surface area contributed by atoms with Crippen molar-refractivity contribution in [3.63, 3.8) is 0 Å². The molecule has 3 heterocycles. The SMILES string of the molecule is C=CCN(C(=O)C1N(CCCCO)C(=O)[C@@H]2[C@@H](C(=O)OCC)[C@H]3CC(C)C12S3)c1c(C)cccc1Cl. The fourth-order valence-electron chi connectivity index (χ4n) is 6.47. The van der Waals surface area contributed by atoms with E-state index in [0.29, 0.717) is 30.1 Å². The molecule has 2 bridgehead atoms. The van der Waals surface area contributed by atoms with E-state index in [1.54, 1.807) is 40.6 Å². The van der Waals surface area contributed by atoms with Crippen molar-refractivity contribution in [2.75, 3.05) is 31.2 Å². The van der Waals surface area contributed by atoms with Crippen LogP contribution in [0.5, 0.6) is 0 Å². The lowest BCUT2D eigenvalue weighted by atomic mass is 9.66. The maximum absolute atomic E-state index is 14.5. The molecule has 3 fully saturated rings. The first-order chi connectivity index (χ1) is 17.2. The highest BCUT2D eigenvalue weighted by molar-refractivity contribution is 8.02. The summed E-state index contributed by atoms with van der Waals surface area (Å²) in [5.41, 5.74) is 1.46. The van der Waals surface area contributed by atoms with Crippen LogP contribution in [0.15, 0.2) is 30.9 Å². The van der Waals surface area contributed by atoms with Crippen LogP contribution in [0.3, 0.4) is 0 Å². The van der Waals surface area contributed by atoms with Gasteiger partial charge in [0, 0.05) is 24.9 Å². The molecule has 7 nitrogen and oxygen atoms in total. The van der Waals surface area contributed by atoms with Crippen LogP contribution in [0.25, 0.3) is 0 Å². The van der Waals surface area contributed by atoms with E-state index in [4.69, 9.17) is 16.3 Å². The molecule has 3 unspecified atom stereocenters. The Hall–Kier alpha value is -2.03. The average molecular weight is 535 g/mol. The number of ether oxygens (including phenoxy) is 1. The summed E-state index contributed by atoms with van der Waals surface area (Å²) in [7, 11) is 0. The lowest BCUT2D eigenvalue weighted by Gasteiger charge is -2.40. The predicted molar refractivity (Wildman–Crippen MR) is 142 cm³/mol. The number of para-hydroxylation sites is 1. The van der Waals surface area contributed by atoms with Gasteiger partial charge in [0.2, 0.25) is 5.91 Å². The Balaban J connectivity index is 1.82. The van der Waals surface area contributed by atoms with Crippen molar-refractivity contribution in [3.05, 3.63) is 41.4 Å². The Kier molecular flexibility index (Phi) is 8.07. The Morgan fingerprint density at radius 2 is 2.14 bits per heavy atom. The number of aryl methyl sites for hydroxylation is 1. The van der Waals surface area contributed by atoms with E-state index in [0.717, 1.165) is 12.0 Å². The van der Waals surface area contributed by atoms with Crippen LogP contribution >= 0.6 is 23.4 Å². The van der Waals surface area contributed by atoms with Gasteiger partial charge in [-0.2, -0.15) is 0 Å². The minimum Gasteiger partial charge on any atom is -0.466 e. The molecule has 0 radical (unpaired) electrons. The van der Waals surface area contributed by atoms with E-state index in [2.05, 4.69) is 13.5 Å². The quantitative estimate of drug-likeness (QED) is 0.279. The first-order valence-corrected chi connectivity index (χ1v) is 13.9. The zero-order valence-corrected chi connectivity index (χ0v) is 22.7. The molecule has 1 spiro atoms. The number of hydrogen-bond donors (Lipinski definition) is 1. The van der Waals surface area contributed by atoms with Gasteiger partial charge in [0.05, 0.1) is 33.9 Å². The Morgan fingerprint density at radius 1 is 1.39 bits per heavy atom. The summed E-state index contributed by atoms with van der Waals surface area (Å²) in [4.78, 5) is 44.9. The fraction of sp³-hybridized carbons (Fsp3) is 0.593. The standard InChI is InChI=1S/C27H35ClN2O5S/c1-5-12-29(22-16(3)10-9-11-18(22)28)25(33)23-27-17(4)15-19(36-27)20(26(34)35-6-2)21(27)24(32)30(23)13-7-8-14-31/h5,9-11,17,19-21,23,31H,1,6-8,12-15H2,2-4H3/t17?,19-,20+,21+,23?,27?/m1/s1. The van der Waals surface area contributed by atoms with Crippen LogP contribution in [0.2, 0.25) is 5.02 Å². The van der Waals surface area contributed by atoms with E-state index >= 15 is 0 Å². The molecule has 0 saturated carbocycles. The Labute approximate surface area is 222 Å². The lowest BCUT2D eigenvalue weighted by Crippen LogP contribution is -2.57. The molecule has 1 N–H and O–H groups in total. The number of unbranched alkanes of at least 4 members (excludes halogenated alkanes) is 1. The number of hydrogen-bond acceptors (Lipinski definition) is 6. The van der Waals surface area contributed by atoms with E-state index in [9.17, 15) is 19.5 Å². The van der Waals surface area contributed by atoms with Gasteiger partial charge in [-0.3, -0.25) is 14.4 Å². The summed E-state index contributed by atoms with van der Waals surface area (Å²) in [6, 6.07) is 4.74. The topological polar surface area (TPSA) is 87.2 Å². The molecular weight excluding hydrogens is 500 g/mol. The number of carbonyl (C=O) groups excluding carboxylic acids is 3. The largest absolute Gasteiger partial charge is 0.466 e. The van der Waals surface area contributed by atoms with Crippen molar-refractivity contribution < 1.29 is 24.2 Å². The third-order valence-electron chi connectivity index (χ3n) is 7.88. The monoisotopic (exact) mass is 534 g/mol. The second kappa shape index (κ2) is 10.8. The molecule has 196 valence electrons. The van der Waals surface area contributed by atoms with Gasteiger partial charge in [-0.25, -0.2) is 0 Å². The number of aliphatic hydroxyl groups excluding tert-OH is 1. The normalized spacial score (nSPS) is 30.4. The minimum atomic E-state index is -0.756. The number of rotatable bonds is 10. The molecule has 3 aliphatic rings. The second-order valence-corrected chi connectivity index (χ2v) is 11.9. The third kappa shape index (κ3) is 4.15. The maximum Gasteiger partial charge on any atom is 0.310 e. The molecule has 1 aromatic rings. The zero-order chi connectivity index (χ0) is 26.2. The van der Waals surface area contributed by atoms with Gasteiger partial charge in [-0.05, 0) is 50.7 Å². The Morgan fingerprint density at radius 3 is 2.78 bits per heavy atom. The van der Waals surface area contributed by atoms with Gasteiger partial charge >= 0.3 is 5.97 Å². The van der Waals surface area contributed by atoms with Crippen molar-refractivity contribution in [2.24, 2.45) is 17.8 Å². The maximum atomic E-state index is 14.5. The number of carbonyl (C=O) groups is 3. The highest BCUT2D eigenvalue weighted by Crippen LogP contribution is 2.68. The van der Waals surface area contributed by atoms with E-state index in [1.165, 1.54) is 0 Å². The van der Waals surface area contributed by atoms with Gasteiger partial charge in [0.15, 0.2) is 0 Å². The van der Waals surface area contributed by atoms with Gasteiger partial charge in [-0.15, -0.1) is 18.3 Å². The first kappa shape index (κ1) is 27.0.